The van der Waals surface area contributed by atoms with Crippen molar-refractivity contribution < 1.29 is 13.6 Å². The molecule has 0 spiro atoms. The first-order valence-electron chi connectivity index (χ1n) is 9.85. The Balaban J connectivity index is 5.75. The molecule has 0 saturated heterocycles. The van der Waals surface area contributed by atoms with Crippen LogP contribution < -0.4 is 0 Å². The van der Waals surface area contributed by atoms with Gasteiger partial charge in [0.1, 0.15) is 6.29 Å². The van der Waals surface area contributed by atoms with Crippen LogP contribution in [0.5, 0.6) is 0 Å². The Morgan fingerprint density at radius 2 is 1.23 bits per heavy atom. The third kappa shape index (κ3) is 7.06. The lowest BCUT2D eigenvalue weighted by molar-refractivity contribution is -0.104. The van der Waals surface area contributed by atoms with Crippen LogP contribution in [0.25, 0.3) is 0 Å². The molecule has 0 aromatic rings. The number of carbonyl (C=O) groups excluding carboxylic acids is 1. The van der Waals surface area contributed by atoms with E-state index in [-0.39, 0.29) is 28.2 Å². The second-order valence-electron chi connectivity index (χ2n) is 10.8. The highest BCUT2D eigenvalue weighted by Gasteiger charge is 2.44. The van der Waals surface area contributed by atoms with Gasteiger partial charge in [0.25, 0.3) is 0 Å². The molecule has 0 radical (unpaired) electrons. The van der Waals surface area contributed by atoms with E-state index in [4.69, 9.17) is 8.85 Å². The molecule has 0 aliphatic heterocycles. The van der Waals surface area contributed by atoms with Gasteiger partial charge >= 0.3 is 0 Å². The predicted molar refractivity (Wildman–Crippen MR) is 119 cm³/mol. The van der Waals surface area contributed by atoms with Gasteiger partial charge in [0.2, 0.25) is 0 Å². The minimum absolute atomic E-state index is 0.0179. The zero-order chi connectivity index (χ0) is 21.1. The van der Waals surface area contributed by atoms with Crippen molar-refractivity contribution in [3.05, 3.63) is 11.6 Å². The number of rotatable bonds is 8. The zero-order valence-electron chi connectivity index (χ0n) is 19.6. The van der Waals surface area contributed by atoms with E-state index in [0.29, 0.717) is 0 Å². The highest BCUT2D eigenvalue weighted by atomic mass is 28.4. The summed E-state index contributed by atoms with van der Waals surface area (Å²) in [7, 11) is -3.86. The summed E-state index contributed by atoms with van der Waals surface area (Å²) >= 11 is 0. The highest BCUT2D eigenvalue weighted by Crippen LogP contribution is 2.41. The average Bonchev–Trinajstić information content (AvgIpc) is 2.41. The fraction of sp³-hybridized carbons (Fsp3) is 0.857. The molecule has 26 heavy (non-hydrogen) atoms. The van der Waals surface area contributed by atoms with Crippen LogP contribution in [0.1, 0.15) is 62.3 Å². The zero-order valence-corrected chi connectivity index (χ0v) is 21.6. The van der Waals surface area contributed by atoms with Crippen LogP contribution >= 0.6 is 0 Å². The standard InChI is InChI=1S/C21H44O3Si2/c1-16(15-22)14-17(2)19(24-26(12,13)21(7,8)9)18(3)23-25(10,11)20(4,5)6/h14-15,17-19H,1-13H3/b16-14+/t17-,18-,19+/m1/s1. The van der Waals surface area contributed by atoms with E-state index in [9.17, 15) is 4.79 Å². The summed E-state index contributed by atoms with van der Waals surface area (Å²) in [6.45, 7) is 28.8. The van der Waals surface area contributed by atoms with Gasteiger partial charge in [0.15, 0.2) is 16.6 Å². The fourth-order valence-corrected chi connectivity index (χ4v) is 5.26. The Morgan fingerprint density at radius 3 is 1.58 bits per heavy atom. The molecule has 0 heterocycles. The van der Waals surface area contributed by atoms with Crippen molar-refractivity contribution in [2.75, 3.05) is 0 Å². The van der Waals surface area contributed by atoms with Crippen molar-refractivity contribution in [2.45, 2.75) is 111 Å². The molecular formula is C21H44O3Si2. The summed E-state index contributed by atoms with van der Waals surface area (Å²) in [4.78, 5) is 11.1. The summed E-state index contributed by atoms with van der Waals surface area (Å²) < 4.78 is 13.5. The molecule has 3 nitrogen and oxygen atoms in total. The smallest absolute Gasteiger partial charge is 0.192 e. The Morgan fingerprint density at radius 1 is 0.846 bits per heavy atom. The van der Waals surface area contributed by atoms with Crippen LogP contribution in [0, 0.1) is 5.92 Å². The van der Waals surface area contributed by atoms with E-state index in [1.165, 1.54) is 0 Å². The van der Waals surface area contributed by atoms with Gasteiger partial charge in [-0.25, -0.2) is 0 Å². The van der Waals surface area contributed by atoms with E-state index in [1.807, 2.05) is 13.0 Å². The van der Waals surface area contributed by atoms with Crippen LogP contribution in [-0.2, 0) is 13.6 Å². The van der Waals surface area contributed by atoms with Gasteiger partial charge in [-0.1, -0.05) is 54.5 Å². The van der Waals surface area contributed by atoms with Crippen LogP contribution in [-0.4, -0.2) is 35.1 Å². The fourth-order valence-electron chi connectivity index (χ4n) is 2.40. The maximum Gasteiger partial charge on any atom is 0.192 e. The first-order chi connectivity index (χ1) is 11.4. The van der Waals surface area contributed by atoms with Crippen molar-refractivity contribution >= 4 is 22.9 Å². The van der Waals surface area contributed by atoms with Gasteiger partial charge < -0.3 is 8.85 Å². The minimum atomic E-state index is -1.96. The molecular weight excluding hydrogens is 356 g/mol. The number of hydrogen-bond donors (Lipinski definition) is 0. The van der Waals surface area contributed by atoms with Crippen LogP contribution in [0.4, 0.5) is 0 Å². The molecule has 0 amide bonds. The second-order valence-corrected chi connectivity index (χ2v) is 20.3. The van der Waals surface area contributed by atoms with Gasteiger partial charge in [-0.05, 0) is 55.7 Å². The van der Waals surface area contributed by atoms with Crippen LogP contribution in [0.3, 0.4) is 0 Å². The summed E-state index contributed by atoms with van der Waals surface area (Å²) in [6, 6.07) is 0. The highest BCUT2D eigenvalue weighted by molar-refractivity contribution is 6.74. The Kier molecular flexibility index (Phi) is 8.76. The largest absolute Gasteiger partial charge is 0.412 e. The van der Waals surface area contributed by atoms with Crippen LogP contribution in [0.15, 0.2) is 11.6 Å². The Labute approximate surface area is 165 Å². The lowest BCUT2D eigenvalue weighted by Gasteiger charge is -2.45. The Bertz CT molecular complexity index is 496. The minimum Gasteiger partial charge on any atom is -0.412 e. The monoisotopic (exact) mass is 400 g/mol. The van der Waals surface area contributed by atoms with Crippen molar-refractivity contribution in [1.29, 1.82) is 0 Å². The predicted octanol–water partition coefficient (Wildman–Crippen LogP) is 6.57. The molecule has 0 aromatic carbocycles. The van der Waals surface area contributed by atoms with Crippen molar-refractivity contribution in [3.8, 4) is 0 Å². The van der Waals surface area contributed by atoms with Gasteiger partial charge in [0.05, 0.1) is 12.2 Å². The molecule has 0 aliphatic carbocycles. The van der Waals surface area contributed by atoms with E-state index >= 15 is 0 Å². The quantitative estimate of drug-likeness (QED) is 0.262. The third-order valence-electron chi connectivity index (χ3n) is 6.22. The molecule has 154 valence electrons. The maximum atomic E-state index is 11.1. The number of carbonyl (C=O) groups is 1. The number of aldehydes is 1. The summed E-state index contributed by atoms with van der Waals surface area (Å²) in [5.41, 5.74) is 0.751. The second kappa shape index (κ2) is 8.84. The normalized spacial score (nSPS) is 18.4. The first kappa shape index (κ1) is 25.8. The topological polar surface area (TPSA) is 35.5 Å². The third-order valence-corrected chi connectivity index (χ3v) is 15.3. The van der Waals surface area contributed by atoms with E-state index in [1.54, 1.807) is 0 Å². The molecule has 0 unspecified atom stereocenters. The molecule has 0 aromatic heterocycles. The molecule has 0 fully saturated rings. The molecule has 5 heteroatoms. The van der Waals surface area contributed by atoms with Gasteiger partial charge in [-0.15, -0.1) is 0 Å². The lowest BCUT2D eigenvalue weighted by atomic mass is 9.98. The first-order valence-corrected chi connectivity index (χ1v) is 15.7. The van der Waals surface area contributed by atoms with E-state index in [2.05, 4.69) is 81.6 Å². The van der Waals surface area contributed by atoms with Crippen molar-refractivity contribution in [1.82, 2.24) is 0 Å². The van der Waals surface area contributed by atoms with E-state index < -0.39 is 16.6 Å². The molecule has 0 aliphatic rings. The van der Waals surface area contributed by atoms with Gasteiger partial charge in [0, 0.05) is 5.92 Å². The van der Waals surface area contributed by atoms with Gasteiger partial charge in [-0.3, -0.25) is 4.79 Å². The number of hydrogen-bond acceptors (Lipinski definition) is 3. The van der Waals surface area contributed by atoms with Gasteiger partial charge in [-0.2, -0.15) is 0 Å². The molecule has 3 atom stereocenters. The molecule has 0 rings (SSSR count). The SMILES string of the molecule is C/C(C=O)=C\[C@@H](C)[C@H](O[Si](C)(C)C(C)(C)C)[C@@H](C)O[Si](C)(C)C(C)(C)C. The summed E-state index contributed by atoms with van der Waals surface area (Å²) in [6.07, 6.45) is 2.87. The van der Waals surface area contributed by atoms with Crippen molar-refractivity contribution in [2.24, 2.45) is 5.92 Å². The Hall–Kier alpha value is -0.236. The van der Waals surface area contributed by atoms with Crippen LogP contribution in [0.2, 0.25) is 36.3 Å². The molecule has 0 saturated carbocycles. The molecule has 0 N–H and O–H groups in total. The summed E-state index contributed by atoms with van der Waals surface area (Å²) in [5.74, 6) is 0.120. The van der Waals surface area contributed by atoms with E-state index in [0.717, 1.165) is 11.9 Å². The lowest BCUT2D eigenvalue weighted by Crippen LogP contribution is -2.52. The van der Waals surface area contributed by atoms with Crippen molar-refractivity contribution in [3.63, 3.8) is 0 Å². The molecule has 0 bridgehead atoms. The average molecular weight is 401 g/mol. The maximum absolute atomic E-state index is 11.1. The summed E-state index contributed by atoms with van der Waals surface area (Å²) in [5, 5.41) is 0.283. The number of allylic oxidation sites excluding steroid dienone is 1.